The summed E-state index contributed by atoms with van der Waals surface area (Å²) in [6.45, 7) is 11.5. The fourth-order valence-electron chi connectivity index (χ4n) is 5.70. The number of methoxy groups -OCH3 is 1. The summed E-state index contributed by atoms with van der Waals surface area (Å²) >= 11 is 0. The van der Waals surface area contributed by atoms with Crippen LogP contribution in [0.5, 0.6) is 5.75 Å². The molecule has 0 unspecified atom stereocenters. The molecule has 1 heterocycles. The van der Waals surface area contributed by atoms with Crippen LogP contribution < -0.4 is 0 Å². The summed E-state index contributed by atoms with van der Waals surface area (Å²) in [5, 5.41) is 10.2. The van der Waals surface area contributed by atoms with Crippen LogP contribution >= 0.6 is 0 Å². The van der Waals surface area contributed by atoms with Crippen LogP contribution in [0, 0.1) is 11.8 Å². The third-order valence-electron chi connectivity index (χ3n) is 8.02. The minimum absolute atomic E-state index is 0.00169. The summed E-state index contributed by atoms with van der Waals surface area (Å²) in [4.78, 5) is 2.69. The molecule has 1 aliphatic heterocycles. The maximum absolute atomic E-state index is 10.2. The minimum atomic E-state index is 0.00169. The van der Waals surface area contributed by atoms with Crippen LogP contribution in [0.4, 0.5) is 0 Å². The third kappa shape index (κ3) is 6.12. The van der Waals surface area contributed by atoms with Gasteiger partial charge in [0.2, 0.25) is 0 Å². The SMILES string of the molecule is COCCOCCOCCOCCO[C@@H]1c2ccc(O)cc2[C@]2(C)CCN(CC3CC3)[C@H]1[C@@H]2C. The number of likely N-dealkylation sites (tertiary alicyclic amines) is 1. The standard InChI is InChI=1S/C27H43NO6/c1-20-25-26(34-17-16-33-15-14-32-13-12-31-11-10-30-3)23-7-6-22(29)18-24(23)27(20,2)8-9-28(25)19-21-4-5-21/h6-7,18,20-21,25-26,29H,4-5,8-17,19H2,1-3H3/t20-,25-,26+,27+/m0/s1. The van der Waals surface area contributed by atoms with Gasteiger partial charge in [0, 0.05) is 19.7 Å². The number of phenols is 1. The second-order valence-corrected chi connectivity index (χ2v) is 10.3. The van der Waals surface area contributed by atoms with Gasteiger partial charge in [-0.3, -0.25) is 4.90 Å². The Bertz CT molecular complexity index is 771. The Morgan fingerprint density at radius 3 is 2.26 bits per heavy atom. The van der Waals surface area contributed by atoms with Crippen LogP contribution in [0.25, 0.3) is 0 Å². The van der Waals surface area contributed by atoms with Gasteiger partial charge in [0.1, 0.15) is 5.75 Å². The number of hydrogen-bond donors (Lipinski definition) is 1. The van der Waals surface area contributed by atoms with Crippen LogP contribution in [0.3, 0.4) is 0 Å². The first-order valence-corrected chi connectivity index (χ1v) is 13.0. The highest BCUT2D eigenvalue weighted by Crippen LogP contribution is 2.54. The normalized spacial score (nSPS) is 28.7. The quantitative estimate of drug-likeness (QED) is 0.388. The van der Waals surface area contributed by atoms with E-state index in [1.54, 1.807) is 7.11 Å². The van der Waals surface area contributed by atoms with Gasteiger partial charge in [-0.05, 0) is 66.3 Å². The molecule has 34 heavy (non-hydrogen) atoms. The second-order valence-electron chi connectivity index (χ2n) is 10.3. The summed E-state index contributed by atoms with van der Waals surface area (Å²) in [7, 11) is 1.66. The van der Waals surface area contributed by atoms with Gasteiger partial charge in [0.15, 0.2) is 0 Å². The van der Waals surface area contributed by atoms with Crippen molar-refractivity contribution in [1.29, 1.82) is 0 Å². The van der Waals surface area contributed by atoms with E-state index in [4.69, 9.17) is 23.7 Å². The van der Waals surface area contributed by atoms with Gasteiger partial charge >= 0.3 is 0 Å². The van der Waals surface area contributed by atoms with Crippen molar-refractivity contribution in [1.82, 2.24) is 4.90 Å². The van der Waals surface area contributed by atoms with Gasteiger partial charge in [0.05, 0.1) is 59.0 Å². The fourth-order valence-corrected chi connectivity index (χ4v) is 5.70. The van der Waals surface area contributed by atoms with Crippen LogP contribution in [-0.4, -0.2) is 89.1 Å². The van der Waals surface area contributed by atoms with Gasteiger partial charge in [-0.15, -0.1) is 0 Å². The van der Waals surface area contributed by atoms with Crippen LogP contribution in [0.2, 0.25) is 0 Å². The lowest BCUT2D eigenvalue weighted by Gasteiger charge is -2.57. The molecule has 2 bridgehead atoms. The highest BCUT2D eigenvalue weighted by Gasteiger charge is 2.53. The summed E-state index contributed by atoms with van der Waals surface area (Å²) in [6.07, 6.45) is 3.85. The molecule has 192 valence electrons. The number of hydrogen-bond acceptors (Lipinski definition) is 7. The van der Waals surface area contributed by atoms with Gasteiger partial charge in [-0.1, -0.05) is 19.9 Å². The topological polar surface area (TPSA) is 69.6 Å². The smallest absolute Gasteiger partial charge is 0.115 e. The zero-order valence-corrected chi connectivity index (χ0v) is 21.2. The van der Waals surface area contributed by atoms with Crippen LogP contribution in [0.15, 0.2) is 18.2 Å². The van der Waals surface area contributed by atoms with E-state index in [2.05, 4.69) is 24.8 Å². The Balaban J connectivity index is 1.28. The molecule has 4 rings (SSSR count). The lowest BCUT2D eigenvalue weighted by molar-refractivity contribution is -0.0978. The van der Waals surface area contributed by atoms with Crippen molar-refractivity contribution in [2.45, 2.75) is 50.7 Å². The second kappa shape index (κ2) is 12.2. The van der Waals surface area contributed by atoms with Crippen molar-refractivity contribution < 1.29 is 28.8 Å². The first-order valence-electron chi connectivity index (χ1n) is 13.0. The molecule has 7 nitrogen and oxygen atoms in total. The maximum atomic E-state index is 10.2. The number of fused-ring (bicyclic) bond motifs is 4. The average molecular weight is 478 g/mol. The molecular formula is C27H43NO6. The van der Waals surface area contributed by atoms with E-state index in [9.17, 15) is 5.11 Å². The largest absolute Gasteiger partial charge is 0.508 e. The van der Waals surface area contributed by atoms with Crippen molar-refractivity contribution >= 4 is 0 Å². The van der Waals surface area contributed by atoms with E-state index in [0.29, 0.717) is 70.6 Å². The molecule has 1 aromatic rings. The molecule has 2 fully saturated rings. The Labute approximate surface area is 204 Å². The predicted octanol–water partition coefficient (Wildman–Crippen LogP) is 3.54. The van der Waals surface area contributed by atoms with E-state index in [0.717, 1.165) is 18.9 Å². The number of nitrogens with zero attached hydrogens (tertiary/aromatic N) is 1. The molecule has 2 aliphatic carbocycles. The molecule has 0 radical (unpaired) electrons. The van der Waals surface area contributed by atoms with Gasteiger partial charge in [0.25, 0.3) is 0 Å². The number of piperidine rings is 1. The first-order chi connectivity index (χ1) is 16.5. The van der Waals surface area contributed by atoms with E-state index in [1.807, 2.05) is 12.1 Å². The Hall–Kier alpha value is -1.22. The van der Waals surface area contributed by atoms with Crippen molar-refractivity contribution in [2.24, 2.45) is 11.8 Å². The van der Waals surface area contributed by atoms with E-state index < -0.39 is 0 Å². The number of ether oxygens (including phenoxy) is 5. The van der Waals surface area contributed by atoms with Crippen LogP contribution in [0.1, 0.15) is 50.3 Å². The molecule has 1 saturated carbocycles. The monoisotopic (exact) mass is 477 g/mol. The molecule has 1 aromatic carbocycles. The Kier molecular flexibility index (Phi) is 9.24. The highest BCUT2D eigenvalue weighted by molar-refractivity contribution is 5.45. The fraction of sp³-hybridized carbons (Fsp3) is 0.778. The van der Waals surface area contributed by atoms with Crippen LogP contribution in [-0.2, 0) is 29.1 Å². The highest BCUT2D eigenvalue weighted by atomic mass is 16.6. The molecular weight excluding hydrogens is 434 g/mol. The molecule has 3 aliphatic rings. The van der Waals surface area contributed by atoms with Gasteiger partial charge in [-0.25, -0.2) is 0 Å². The first kappa shape index (κ1) is 25.9. The number of aromatic hydroxyl groups is 1. The van der Waals surface area contributed by atoms with Crippen molar-refractivity contribution in [3.05, 3.63) is 29.3 Å². The van der Waals surface area contributed by atoms with Crippen molar-refractivity contribution in [3.8, 4) is 5.75 Å². The lowest BCUT2D eigenvalue weighted by atomic mass is 9.58. The zero-order chi connectivity index (χ0) is 24.0. The van der Waals surface area contributed by atoms with E-state index in [-0.39, 0.29) is 11.5 Å². The third-order valence-corrected chi connectivity index (χ3v) is 8.02. The molecule has 4 atom stereocenters. The molecule has 1 N–H and O–H groups in total. The maximum Gasteiger partial charge on any atom is 0.115 e. The van der Waals surface area contributed by atoms with Gasteiger partial charge in [-0.2, -0.15) is 0 Å². The number of rotatable bonds is 15. The van der Waals surface area contributed by atoms with Crippen molar-refractivity contribution in [3.63, 3.8) is 0 Å². The summed E-state index contributed by atoms with van der Waals surface area (Å²) in [5.41, 5.74) is 2.56. The van der Waals surface area contributed by atoms with E-state index in [1.165, 1.54) is 30.5 Å². The summed E-state index contributed by atoms with van der Waals surface area (Å²) in [5.74, 6) is 1.66. The number of phenolic OH excluding ortho intramolecular Hbond substituents is 1. The van der Waals surface area contributed by atoms with Gasteiger partial charge < -0.3 is 28.8 Å². The number of benzene rings is 1. The lowest BCUT2D eigenvalue weighted by Crippen LogP contribution is -2.60. The predicted molar refractivity (Wildman–Crippen MR) is 130 cm³/mol. The molecule has 1 saturated heterocycles. The average Bonchev–Trinajstić information content (AvgIpc) is 3.64. The molecule has 0 spiro atoms. The molecule has 0 aromatic heterocycles. The summed E-state index contributed by atoms with van der Waals surface area (Å²) < 4.78 is 28.2. The van der Waals surface area contributed by atoms with Crippen molar-refractivity contribution in [2.75, 3.05) is 73.1 Å². The Morgan fingerprint density at radius 1 is 0.971 bits per heavy atom. The Morgan fingerprint density at radius 2 is 1.62 bits per heavy atom. The summed E-state index contributed by atoms with van der Waals surface area (Å²) in [6, 6.07) is 6.22. The molecule has 7 heteroatoms. The zero-order valence-electron chi connectivity index (χ0n) is 21.2. The minimum Gasteiger partial charge on any atom is -0.508 e. The molecule has 0 amide bonds. The van der Waals surface area contributed by atoms with E-state index >= 15 is 0 Å².